The molecular weight excluding hydrogens is 190 g/mol. The number of fused-ring (bicyclic) bond motifs is 1. The summed E-state index contributed by atoms with van der Waals surface area (Å²) in [5.41, 5.74) is 1.41. The molecule has 1 heterocycles. The van der Waals surface area contributed by atoms with Crippen LogP contribution in [0.25, 0.3) is 0 Å². The molecule has 1 saturated carbocycles. The number of hydrogen-bond donors (Lipinski definition) is 1. The van der Waals surface area contributed by atoms with Crippen LogP contribution in [0.5, 0.6) is 0 Å². The van der Waals surface area contributed by atoms with Crippen LogP contribution in [0.1, 0.15) is 6.42 Å². The summed E-state index contributed by atoms with van der Waals surface area (Å²) in [6.45, 7) is 2.35. The number of benzene rings is 1. The van der Waals surface area contributed by atoms with Crippen LogP contribution >= 0.6 is 0 Å². The average Bonchev–Trinajstić information content (AvgIpc) is 2.88. The van der Waals surface area contributed by atoms with Crippen LogP contribution in [0.2, 0.25) is 0 Å². The number of piperidine rings is 1. The second-order valence-corrected chi connectivity index (χ2v) is 4.10. The van der Waals surface area contributed by atoms with Gasteiger partial charge in [0.25, 0.3) is 6.47 Å². The van der Waals surface area contributed by atoms with E-state index in [1.807, 2.05) is 0 Å². The highest BCUT2D eigenvalue weighted by Gasteiger charge is 2.44. The molecule has 1 aromatic carbocycles. The highest BCUT2D eigenvalue weighted by Crippen LogP contribution is 2.46. The minimum absolute atomic E-state index is 0.250. The zero-order chi connectivity index (χ0) is 10.7. The normalized spacial score (nSPS) is 26.3. The molecule has 2 aliphatic rings. The average molecular weight is 205 g/mol. The monoisotopic (exact) mass is 205 g/mol. The molecule has 0 bridgehead atoms. The molecule has 1 aliphatic carbocycles. The number of para-hydroxylation sites is 1. The van der Waals surface area contributed by atoms with Gasteiger partial charge in [0, 0.05) is 18.8 Å². The Morgan fingerprint density at radius 1 is 1.20 bits per heavy atom. The lowest BCUT2D eigenvalue weighted by molar-refractivity contribution is -0.122. The van der Waals surface area contributed by atoms with Gasteiger partial charge in [0.2, 0.25) is 0 Å². The van der Waals surface area contributed by atoms with Gasteiger partial charge in [-0.05, 0) is 30.4 Å². The van der Waals surface area contributed by atoms with Crippen molar-refractivity contribution in [3.05, 3.63) is 30.3 Å². The topological polar surface area (TPSA) is 40.5 Å². The minimum atomic E-state index is -0.250. The molecule has 0 spiro atoms. The summed E-state index contributed by atoms with van der Waals surface area (Å²) < 4.78 is 0. The molecule has 3 nitrogen and oxygen atoms in total. The maximum atomic E-state index is 8.36. The Morgan fingerprint density at radius 3 is 2.27 bits per heavy atom. The van der Waals surface area contributed by atoms with Crippen LogP contribution in [0.3, 0.4) is 0 Å². The summed E-state index contributed by atoms with van der Waals surface area (Å²) in [6, 6.07) is 10.8. The molecule has 0 radical (unpaired) electrons. The van der Waals surface area contributed by atoms with Gasteiger partial charge >= 0.3 is 0 Å². The molecule has 80 valence electrons. The molecule has 1 saturated heterocycles. The van der Waals surface area contributed by atoms with E-state index in [4.69, 9.17) is 9.90 Å². The zero-order valence-electron chi connectivity index (χ0n) is 8.54. The number of carbonyl (C=O) groups is 1. The molecule has 3 heteroatoms. The second-order valence-electron chi connectivity index (χ2n) is 4.10. The van der Waals surface area contributed by atoms with Gasteiger partial charge in [-0.25, -0.2) is 0 Å². The van der Waals surface area contributed by atoms with Crippen molar-refractivity contribution in [2.24, 2.45) is 11.8 Å². The van der Waals surface area contributed by atoms with E-state index < -0.39 is 0 Å². The third-order valence-corrected chi connectivity index (χ3v) is 3.10. The lowest BCUT2D eigenvalue weighted by Crippen LogP contribution is -2.21. The largest absolute Gasteiger partial charge is 0.483 e. The third-order valence-electron chi connectivity index (χ3n) is 3.10. The molecule has 0 aromatic heterocycles. The highest BCUT2D eigenvalue weighted by molar-refractivity contribution is 5.48. The summed E-state index contributed by atoms with van der Waals surface area (Å²) in [5, 5.41) is 6.89. The Labute approximate surface area is 89.3 Å². The molecule has 2 atom stereocenters. The first-order valence-corrected chi connectivity index (χ1v) is 5.23. The summed E-state index contributed by atoms with van der Waals surface area (Å²) in [6.07, 6.45) is 1.49. The van der Waals surface area contributed by atoms with Gasteiger partial charge in [0.05, 0.1) is 0 Å². The van der Waals surface area contributed by atoms with Crippen LogP contribution in [0.4, 0.5) is 5.69 Å². The lowest BCUT2D eigenvalue weighted by atomic mass is 10.3. The van der Waals surface area contributed by atoms with Crippen molar-refractivity contribution in [3.63, 3.8) is 0 Å². The Morgan fingerprint density at radius 2 is 1.73 bits per heavy atom. The summed E-state index contributed by atoms with van der Waals surface area (Å²) in [7, 11) is 0. The molecule has 15 heavy (non-hydrogen) atoms. The van der Waals surface area contributed by atoms with Gasteiger partial charge in [-0.3, -0.25) is 4.79 Å². The van der Waals surface area contributed by atoms with E-state index in [9.17, 15) is 0 Å². The van der Waals surface area contributed by atoms with Gasteiger partial charge in [-0.2, -0.15) is 0 Å². The number of anilines is 1. The van der Waals surface area contributed by atoms with Gasteiger partial charge in [-0.1, -0.05) is 18.2 Å². The van der Waals surface area contributed by atoms with Crippen molar-refractivity contribution in [1.29, 1.82) is 0 Å². The first-order valence-electron chi connectivity index (χ1n) is 5.23. The van der Waals surface area contributed by atoms with Crippen molar-refractivity contribution in [2.75, 3.05) is 18.0 Å². The van der Waals surface area contributed by atoms with Crippen molar-refractivity contribution in [1.82, 2.24) is 0 Å². The fraction of sp³-hybridized carbons (Fsp3) is 0.417. The molecule has 2 fully saturated rings. The first kappa shape index (κ1) is 10.0. The highest BCUT2D eigenvalue weighted by atomic mass is 16.3. The fourth-order valence-corrected chi connectivity index (χ4v) is 2.25. The van der Waals surface area contributed by atoms with E-state index in [0.29, 0.717) is 0 Å². The van der Waals surface area contributed by atoms with E-state index in [1.54, 1.807) is 0 Å². The van der Waals surface area contributed by atoms with E-state index in [0.717, 1.165) is 11.8 Å². The predicted octanol–water partition coefficient (Wildman–Crippen LogP) is 1.84. The molecule has 2 unspecified atom stereocenters. The quantitative estimate of drug-likeness (QED) is 0.711. The summed E-state index contributed by atoms with van der Waals surface area (Å²) in [5.74, 6) is 2.07. The molecule has 3 rings (SSSR count). The maximum Gasteiger partial charge on any atom is 0.290 e. The SMILES string of the molecule is O=CO.c1ccc(N2CC3CC3C2)cc1. The number of nitrogens with zero attached hydrogens (tertiary/aromatic N) is 1. The Hall–Kier alpha value is -1.51. The van der Waals surface area contributed by atoms with Gasteiger partial charge in [0.1, 0.15) is 0 Å². The number of hydrogen-bond acceptors (Lipinski definition) is 2. The standard InChI is InChI=1S/C11H13N.CH2O2/c1-2-4-11(5-3-1)12-7-9-6-10(9)8-12;2-1-3/h1-5,9-10H,6-8H2;1H,(H,2,3). The van der Waals surface area contributed by atoms with Crippen molar-refractivity contribution in [2.45, 2.75) is 6.42 Å². The fourth-order valence-electron chi connectivity index (χ4n) is 2.25. The Kier molecular flexibility index (Phi) is 2.90. The van der Waals surface area contributed by atoms with Crippen molar-refractivity contribution >= 4 is 12.2 Å². The van der Waals surface area contributed by atoms with Gasteiger partial charge < -0.3 is 10.0 Å². The molecule has 1 aliphatic heterocycles. The third kappa shape index (κ3) is 2.29. The lowest BCUT2D eigenvalue weighted by Gasteiger charge is -2.19. The van der Waals surface area contributed by atoms with Crippen molar-refractivity contribution in [3.8, 4) is 0 Å². The van der Waals surface area contributed by atoms with E-state index >= 15 is 0 Å². The first-order chi connectivity index (χ1) is 7.35. The molecule has 1 N–H and O–H groups in total. The van der Waals surface area contributed by atoms with Gasteiger partial charge in [0.15, 0.2) is 0 Å². The number of carboxylic acid groups (broad SMARTS) is 1. The van der Waals surface area contributed by atoms with Crippen LogP contribution in [0, 0.1) is 11.8 Å². The maximum absolute atomic E-state index is 8.36. The molecule has 1 aromatic rings. The summed E-state index contributed by atoms with van der Waals surface area (Å²) in [4.78, 5) is 10.9. The van der Waals surface area contributed by atoms with Crippen LogP contribution in [-0.2, 0) is 4.79 Å². The smallest absolute Gasteiger partial charge is 0.290 e. The van der Waals surface area contributed by atoms with E-state index in [2.05, 4.69) is 35.2 Å². The Bertz CT molecular complexity index is 316. The Balaban J connectivity index is 0.000000258. The van der Waals surface area contributed by atoms with E-state index in [-0.39, 0.29) is 6.47 Å². The predicted molar refractivity (Wildman–Crippen MR) is 58.9 cm³/mol. The minimum Gasteiger partial charge on any atom is -0.483 e. The zero-order valence-corrected chi connectivity index (χ0v) is 8.54. The van der Waals surface area contributed by atoms with Crippen molar-refractivity contribution < 1.29 is 9.90 Å². The second kappa shape index (κ2) is 4.34. The summed E-state index contributed by atoms with van der Waals surface area (Å²) >= 11 is 0. The van der Waals surface area contributed by atoms with E-state index in [1.165, 1.54) is 25.2 Å². The number of rotatable bonds is 1. The molecule has 0 amide bonds. The van der Waals surface area contributed by atoms with Crippen LogP contribution in [-0.4, -0.2) is 24.7 Å². The van der Waals surface area contributed by atoms with Gasteiger partial charge in [-0.15, -0.1) is 0 Å². The molecular formula is C12H15NO2. The van der Waals surface area contributed by atoms with Crippen LogP contribution in [0.15, 0.2) is 30.3 Å². The van der Waals surface area contributed by atoms with Crippen LogP contribution < -0.4 is 4.90 Å².